The number of methoxy groups -OCH3 is 2. The summed E-state index contributed by atoms with van der Waals surface area (Å²) in [5, 5.41) is 0. The summed E-state index contributed by atoms with van der Waals surface area (Å²) in [6, 6.07) is 14.0. The molecule has 3 rings (SSSR count). The highest BCUT2D eigenvalue weighted by Crippen LogP contribution is 2.35. The molecular formula is C20H19NO6. The molecule has 7 heteroatoms. The Kier molecular flexibility index (Phi) is 5.40. The van der Waals surface area contributed by atoms with Crippen molar-refractivity contribution >= 4 is 23.5 Å². The molecule has 1 aliphatic rings. The number of esters is 2. The molecule has 1 amide bonds. The van der Waals surface area contributed by atoms with Crippen molar-refractivity contribution in [2.45, 2.75) is 19.1 Å². The lowest BCUT2D eigenvalue weighted by atomic mass is 10.1. The molecular weight excluding hydrogens is 350 g/mol. The number of hydrogen-bond acceptors (Lipinski definition) is 6. The molecule has 7 nitrogen and oxygen atoms in total. The molecule has 0 saturated heterocycles. The minimum Gasteiger partial charge on any atom is -0.478 e. The molecule has 0 aromatic heterocycles. The molecule has 0 radical (unpaired) electrons. The van der Waals surface area contributed by atoms with Gasteiger partial charge in [0, 0.05) is 0 Å². The average molecular weight is 369 g/mol. The molecule has 27 heavy (non-hydrogen) atoms. The van der Waals surface area contributed by atoms with Crippen LogP contribution < -0.4 is 9.64 Å². The van der Waals surface area contributed by atoms with Crippen molar-refractivity contribution in [1.82, 2.24) is 0 Å². The second-order valence-corrected chi connectivity index (χ2v) is 5.97. The van der Waals surface area contributed by atoms with Crippen molar-refractivity contribution in [1.29, 1.82) is 0 Å². The van der Waals surface area contributed by atoms with Crippen LogP contribution in [0.1, 0.15) is 22.3 Å². The SMILES string of the molecule is COC(=O)C[C@H]1Oc2ccccc2N(Cc2cccc(C(=O)OC)c2)C1=O. The molecule has 140 valence electrons. The lowest BCUT2D eigenvalue weighted by Gasteiger charge is -2.34. The maximum Gasteiger partial charge on any atom is 0.337 e. The summed E-state index contributed by atoms with van der Waals surface area (Å²) >= 11 is 0. The maximum absolute atomic E-state index is 12.9. The fourth-order valence-corrected chi connectivity index (χ4v) is 2.90. The van der Waals surface area contributed by atoms with Crippen LogP contribution in [-0.4, -0.2) is 38.2 Å². The molecule has 1 atom stereocenters. The molecule has 0 unspecified atom stereocenters. The van der Waals surface area contributed by atoms with Crippen LogP contribution in [0.5, 0.6) is 5.75 Å². The smallest absolute Gasteiger partial charge is 0.337 e. The van der Waals surface area contributed by atoms with Crippen molar-refractivity contribution < 1.29 is 28.6 Å². The van der Waals surface area contributed by atoms with E-state index in [1.54, 1.807) is 47.4 Å². The Hall–Kier alpha value is -3.35. The Morgan fingerprint density at radius 3 is 2.59 bits per heavy atom. The average Bonchev–Trinajstić information content (AvgIpc) is 2.70. The van der Waals surface area contributed by atoms with E-state index < -0.39 is 18.0 Å². The van der Waals surface area contributed by atoms with Gasteiger partial charge >= 0.3 is 11.9 Å². The normalized spacial score (nSPS) is 15.6. The van der Waals surface area contributed by atoms with E-state index >= 15 is 0 Å². The van der Waals surface area contributed by atoms with E-state index in [0.29, 0.717) is 17.0 Å². The zero-order valence-electron chi connectivity index (χ0n) is 15.0. The van der Waals surface area contributed by atoms with Gasteiger partial charge in [-0.3, -0.25) is 9.59 Å². The largest absolute Gasteiger partial charge is 0.478 e. The molecule has 1 aliphatic heterocycles. The topological polar surface area (TPSA) is 82.1 Å². The Morgan fingerprint density at radius 2 is 1.85 bits per heavy atom. The third kappa shape index (κ3) is 3.92. The zero-order chi connectivity index (χ0) is 19.4. The summed E-state index contributed by atoms with van der Waals surface area (Å²) in [6.45, 7) is 0.224. The van der Waals surface area contributed by atoms with E-state index in [-0.39, 0.29) is 18.9 Å². The minimum atomic E-state index is -0.962. The standard InChI is InChI=1S/C20H19NO6/c1-25-18(22)11-17-19(23)21(15-8-3-4-9-16(15)27-17)12-13-6-5-7-14(10-13)20(24)26-2/h3-10,17H,11-12H2,1-2H3/t17-/m1/s1. The molecule has 0 aliphatic carbocycles. The number of anilines is 1. The third-order valence-corrected chi connectivity index (χ3v) is 4.24. The first-order valence-corrected chi connectivity index (χ1v) is 8.34. The van der Waals surface area contributed by atoms with Crippen molar-refractivity contribution in [3.05, 3.63) is 59.7 Å². The third-order valence-electron chi connectivity index (χ3n) is 4.24. The number of hydrogen-bond donors (Lipinski definition) is 0. The molecule has 2 aromatic rings. The Bertz CT molecular complexity index is 878. The van der Waals surface area contributed by atoms with Crippen molar-refractivity contribution in [3.8, 4) is 5.75 Å². The highest BCUT2D eigenvalue weighted by Gasteiger charge is 2.36. The number of rotatable bonds is 5. The number of benzene rings is 2. The highest BCUT2D eigenvalue weighted by atomic mass is 16.5. The summed E-state index contributed by atoms with van der Waals surface area (Å²) in [6.07, 6.45) is -1.14. The maximum atomic E-state index is 12.9. The minimum absolute atomic E-state index is 0.178. The summed E-state index contributed by atoms with van der Waals surface area (Å²) in [4.78, 5) is 37.8. The van der Waals surface area contributed by atoms with Gasteiger partial charge < -0.3 is 19.1 Å². The van der Waals surface area contributed by atoms with Gasteiger partial charge in [0.1, 0.15) is 5.75 Å². The summed E-state index contributed by atoms with van der Waals surface area (Å²) in [7, 11) is 2.58. The summed E-state index contributed by atoms with van der Waals surface area (Å²) in [5.74, 6) is -0.813. The molecule has 0 saturated carbocycles. The van der Waals surface area contributed by atoms with Crippen LogP contribution >= 0.6 is 0 Å². The molecule has 1 heterocycles. The van der Waals surface area contributed by atoms with Gasteiger partial charge in [0.2, 0.25) is 0 Å². The number of fused-ring (bicyclic) bond motifs is 1. The zero-order valence-corrected chi connectivity index (χ0v) is 15.0. The van der Waals surface area contributed by atoms with E-state index in [0.717, 1.165) is 5.56 Å². The highest BCUT2D eigenvalue weighted by molar-refractivity contribution is 6.01. The van der Waals surface area contributed by atoms with Crippen LogP contribution in [0.2, 0.25) is 0 Å². The first-order chi connectivity index (χ1) is 13.0. The first-order valence-electron chi connectivity index (χ1n) is 8.34. The second kappa shape index (κ2) is 7.90. The van der Waals surface area contributed by atoms with Crippen LogP contribution in [0.4, 0.5) is 5.69 Å². The van der Waals surface area contributed by atoms with Crippen LogP contribution in [0.15, 0.2) is 48.5 Å². The molecule has 0 fully saturated rings. The number of para-hydroxylation sites is 2. The Morgan fingerprint density at radius 1 is 1.07 bits per heavy atom. The van der Waals surface area contributed by atoms with Crippen molar-refractivity contribution in [2.75, 3.05) is 19.1 Å². The lowest BCUT2D eigenvalue weighted by molar-refractivity contribution is -0.145. The van der Waals surface area contributed by atoms with E-state index in [1.807, 2.05) is 6.07 Å². The fraction of sp³-hybridized carbons (Fsp3) is 0.250. The number of ether oxygens (including phenoxy) is 3. The van der Waals surface area contributed by atoms with Gasteiger partial charge in [-0.15, -0.1) is 0 Å². The van der Waals surface area contributed by atoms with Crippen LogP contribution in [0, 0.1) is 0 Å². The van der Waals surface area contributed by atoms with Gasteiger partial charge in [0.05, 0.1) is 38.4 Å². The van der Waals surface area contributed by atoms with E-state index in [9.17, 15) is 14.4 Å². The molecule has 0 spiro atoms. The Labute approximate surface area is 156 Å². The Balaban J connectivity index is 1.91. The number of amides is 1. The van der Waals surface area contributed by atoms with Crippen molar-refractivity contribution in [3.63, 3.8) is 0 Å². The van der Waals surface area contributed by atoms with Crippen LogP contribution in [0.25, 0.3) is 0 Å². The van der Waals surface area contributed by atoms with Crippen LogP contribution in [0.3, 0.4) is 0 Å². The quantitative estimate of drug-likeness (QED) is 0.753. The van der Waals surface area contributed by atoms with Gasteiger partial charge in [0.25, 0.3) is 5.91 Å². The summed E-state index contributed by atoms with van der Waals surface area (Å²) in [5.41, 5.74) is 1.75. The monoisotopic (exact) mass is 369 g/mol. The first kappa shape index (κ1) is 18.4. The van der Waals surface area contributed by atoms with E-state index in [4.69, 9.17) is 9.47 Å². The predicted octanol–water partition coefficient (Wildman–Crippen LogP) is 2.33. The second-order valence-electron chi connectivity index (χ2n) is 5.97. The van der Waals surface area contributed by atoms with Gasteiger partial charge in [-0.1, -0.05) is 24.3 Å². The van der Waals surface area contributed by atoms with E-state index in [2.05, 4.69) is 4.74 Å². The number of carbonyl (C=O) groups excluding carboxylic acids is 3. The van der Waals surface area contributed by atoms with Crippen LogP contribution in [-0.2, 0) is 25.6 Å². The van der Waals surface area contributed by atoms with Gasteiger partial charge in [-0.05, 0) is 29.8 Å². The predicted molar refractivity (Wildman–Crippen MR) is 96.5 cm³/mol. The molecule has 2 aromatic carbocycles. The fourth-order valence-electron chi connectivity index (χ4n) is 2.90. The van der Waals surface area contributed by atoms with Gasteiger partial charge in [-0.2, -0.15) is 0 Å². The molecule has 0 bridgehead atoms. The summed E-state index contributed by atoms with van der Waals surface area (Å²) < 4.78 is 15.1. The lowest BCUT2D eigenvalue weighted by Crippen LogP contribution is -2.46. The van der Waals surface area contributed by atoms with E-state index in [1.165, 1.54) is 14.2 Å². The van der Waals surface area contributed by atoms with Crippen molar-refractivity contribution in [2.24, 2.45) is 0 Å². The number of carbonyl (C=O) groups is 3. The van der Waals surface area contributed by atoms with Gasteiger partial charge in [-0.25, -0.2) is 4.79 Å². The number of nitrogens with zero attached hydrogens (tertiary/aromatic N) is 1. The molecule has 0 N–H and O–H groups in total. The van der Waals surface area contributed by atoms with Gasteiger partial charge in [0.15, 0.2) is 6.10 Å².